The van der Waals surface area contributed by atoms with Gasteiger partial charge in [-0.3, -0.25) is 4.79 Å². The number of alkyl halides is 1. The van der Waals surface area contributed by atoms with Crippen LogP contribution >= 0.6 is 0 Å². The minimum absolute atomic E-state index is 0.0728. The van der Waals surface area contributed by atoms with Crippen LogP contribution in [0.2, 0.25) is 0 Å². The predicted molar refractivity (Wildman–Crippen MR) is 80.6 cm³/mol. The largest absolute Gasteiger partial charge is 0.356 e. The van der Waals surface area contributed by atoms with Crippen molar-refractivity contribution in [1.29, 1.82) is 0 Å². The zero-order valence-electron chi connectivity index (χ0n) is 12.7. The van der Waals surface area contributed by atoms with Crippen LogP contribution in [0.15, 0.2) is 6.07 Å². The molecule has 0 aliphatic carbocycles. The van der Waals surface area contributed by atoms with Crippen LogP contribution in [0.3, 0.4) is 0 Å². The van der Waals surface area contributed by atoms with E-state index in [0.717, 1.165) is 42.1 Å². The highest BCUT2D eigenvalue weighted by Crippen LogP contribution is 2.30. The van der Waals surface area contributed by atoms with Crippen LogP contribution in [0.4, 0.5) is 10.2 Å². The number of aromatic nitrogens is 1. The number of anilines is 1. The van der Waals surface area contributed by atoms with Crippen LogP contribution in [0, 0.1) is 6.92 Å². The summed E-state index contributed by atoms with van der Waals surface area (Å²) in [6, 6.07) is 2.02. The average Bonchev–Trinajstić information content (AvgIpc) is 2.47. The lowest BCUT2D eigenvalue weighted by molar-refractivity contribution is 0.0749. The number of nitrogens with zero attached hydrogens (tertiary/aromatic N) is 3. The molecule has 1 aromatic heterocycles. The maximum atomic E-state index is 13.4. The summed E-state index contributed by atoms with van der Waals surface area (Å²) >= 11 is 0. The summed E-state index contributed by atoms with van der Waals surface area (Å²) in [4.78, 5) is 21.2. The Hall–Kier alpha value is -1.65. The number of halogens is 1. The molecule has 2 aliphatic heterocycles. The summed E-state index contributed by atoms with van der Waals surface area (Å²) in [5, 5.41) is 0. The van der Waals surface area contributed by atoms with Crippen LogP contribution in [-0.4, -0.2) is 48.1 Å². The maximum Gasteiger partial charge on any atom is 0.257 e. The van der Waals surface area contributed by atoms with Crippen LogP contribution in [0.25, 0.3) is 0 Å². The fraction of sp³-hybridized carbons (Fsp3) is 0.625. The number of likely N-dealkylation sites (N-methyl/N-ethyl adjacent to an activating group) is 1. The Morgan fingerprint density at radius 3 is 2.71 bits per heavy atom. The van der Waals surface area contributed by atoms with Gasteiger partial charge in [-0.15, -0.1) is 0 Å². The average molecular weight is 291 g/mol. The van der Waals surface area contributed by atoms with Gasteiger partial charge in [0.1, 0.15) is 12.0 Å². The first-order valence-corrected chi connectivity index (χ1v) is 7.79. The fourth-order valence-corrected chi connectivity index (χ4v) is 3.26. The van der Waals surface area contributed by atoms with Crippen molar-refractivity contribution in [3.8, 4) is 0 Å². The maximum absolute atomic E-state index is 13.4. The lowest BCUT2D eigenvalue weighted by Crippen LogP contribution is -2.41. The van der Waals surface area contributed by atoms with E-state index in [0.29, 0.717) is 25.9 Å². The molecular weight excluding hydrogens is 269 g/mol. The topological polar surface area (TPSA) is 36.4 Å². The quantitative estimate of drug-likeness (QED) is 0.839. The molecule has 3 rings (SSSR count). The van der Waals surface area contributed by atoms with Crippen LogP contribution in [0.5, 0.6) is 0 Å². The Kier molecular flexibility index (Phi) is 3.83. The van der Waals surface area contributed by atoms with E-state index in [1.165, 1.54) is 0 Å². The number of amides is 1. The normalized spacial score (nSPS) is 19.9. The van der Waals surface area contributed by atoms with E-state index in [1.54, 1.807) is 0 Å². The van der Waals surface area contributed by atoms with Gasteiger partial charge in [-0.1, -0.05) is 0 Å². The van der Waals surface area contributed by atoms with Crippen molar-refractivity contribution < 1.29 is 9.18 Å². The van der Waals surface area contributed by atoms with Crippen LogP contribution in [0.1, 0.15) is 41.4 Å². The second-order valence-electron chi connectivity index (χ2n) is 5.92. The number of carbonyl (C=O) groups is 1. The molecule has 0 N–H and O–H groups in total. The van der Waals surface area contributed by atoms with Gasteiger partial charge in [-0.05, 0) is 44.7 Å². The minimum Gasteiger partial charge on any atom is -0.356 e. The molecule has 5 heteroatoms. The lowest BCUT2D eigenvalue weighted by atomic mass is 9.97. The number of fused-ring (bicyclic) bond motifs is 1. The van der Waals surface area contributed by atoms with Gasteiger partial charge in [-0.2, -0.15) is 0 Å². The van der Waals surface area contributed by atoms with Gasteiger partial charge in [0.15, 0.2) is 0 Å². The summed E-state index contributed by atoms with van der Waals surface area (Å²) in [6.07, 6.45) is 1.21. The number of hydrogen-bond donors (Lipinski definition) is 0. The molecule has 114 valence electrons. The molecule has 1 fully saturated rings. The van der Waals surface area contributed by atoms with Gasteiger partial charge >= 0.3 is 0 Å². The molecule has 4 nitrogen and oxygen atoms in total. The van der Waals surface area contributed by atoms with E-state index < -0.39 is 6.17 Å². The monoisotopic (exact) mass is 291 g/mol. The van der Waals surface area contributed by atoms with Crippen molar-refractivity contribution in [3.05, 3.63) is 22.9 Å². The SMILES string of the molecule is CCN1CCc2cc(C)nc(N3CCC(F)CC3)c2C1=O. The lowest BCUT2D eigenvalue weighted by Gasteiger charge is -2.35. The van der Waals surface area contributed by atoms with Crippen molar-refractivity contribution in [2.75, 3.05) is 31.1 Å². The molecule has 0 unspecified atom stereocenters. The number of carbonyl (C=O) groups excluding carboxylic acids is 1. The van der Waals surface area contributed by atoms with Crippen LogP contribution < -0.4 is 4.90 Å². The smallest absolute Gasteiger partial charge is 0.257 e. The van der Waals surface area contributed by atoms with Crippen molar-refractivity contribution in [1.82, 2.24) is 9.88 Å². The molecule has 1 saturated heterocycles. The van der Waals surface area contributed by atoms with Gasteiger partial charge in [0.25, 0.3) is 5.91 Å². The van der Waals surface area contributed by atoms with Crippen LogP contribution in [-0.2, 0) is 6.42 Å². The summed E-state index contributed by atoms with van der Waals surface area (Å²) in [7, 11) is 0. The van der Waals surface area contributed by atoms with E-state index in [-0.39, 0.29) is 5.91 Å². The first-order chi connectivity index (χ1) is 10.1. The van der Waals surface area contributed by atoms with Gasteiger partial charge in [0.2, 0.25) is 0 Å². The van der Waals surface area contributed by atoms with Crippen molar-refractivity contribution in [2.24, 2.45) is 0 Å². The third kappa shape index (κ3) is 2.61. The van der Waals surface area contributed by atoms with Gasteiger partial charge in [-0.25, -0.2) is 9.37 Å². The second-order valence-corrected chi connectivity index (χ2v) is 5.92. The molecule has 0 bridgehead atoms. The Balaban J connectivity index is 2.00. The van der Waals surface area contributed by atoms with E-state index in [2.05, 4.69) is 9.88 Å². The highest BCUT2D eigenvalue weighted by Gasteiger charge is 2.31. The zero-order valence-corrected chi connectivity index (χ0v) is 12.7. The number of aryl methyl sites for hydroxylation is 1. The Morgan fingerprint density at radius 1 is 1.33 bits per heavy atom. The Bertz CT molecular complexity index is 553. The van der Waals surface area contributed by atoms with Gasteiger partial charge < -0.3 is 9.80 Å². The van der Waals surface area contributed by atoms with E-state index in [9.17, 15) is 9.18 Å². The van der Waals surface area contributed by atoms with Gasteiger partial charge in [0.05, 0.1) is 5.56 Å². The predicted octanol–water partition coefficient (Wildman–Crippen LogP) is 2.35. The summed E-state index contributed by atoms with van der Waals surface area (Å²) < 4.78 is 13.4. The third-order valence-electron chi connectivity index (χ3n) is 4.47. The molecule has 21 heavy (non-hydrogen) atoms. The summed E-state index contributed by atoms with van der Waals surface area (Å²) in [5.74, 6) is 0.837. The first-order valence-electron chi connectivity index (χ1n) is 7.79. The van der Waals surface area contributed by atoms with E-state index in [1.807, 2.05) is 24.8 Å². The first kappa shape index (κ1) is 14.3. The minimum atomic E-state index is -0.718. The van der Waals surface area contributed by atoms with Crippen molar-refractivity contribution in [2.45, 2.75) is 39.3 Å². The fourth-order valence-electron chi connectivity index (χ4n) is 3.26. The molecule has 1 aromatic rings. The van der Waals surface area contributed by atoms with E-state index in [4.69, 9.17) is 0 Å². The third-order valence-corrected chi connectivity index (χ3v) is 4.47. The number of hydrogen-bond acceptors (Lipinski definition) is 3. The molecular formula is C16H22FN3O. The molecule has 2 aliphatic rings. The molecule has 0 atom stereocenters. The number of piperidine rings is 1. The highest BCUT2D eigenvalue weighted by molar-refractivity contribution is 6.01. The van der Waals surface area contributed by atoms with Crippen molar-refractivity contribution in [3.63, 3.8) is 0 Å². The number of rotatable bonds is 2. The number of pyridine rings is 1. The van der Waals surface area contributed by atoms with E-state index >= 15 is 0 Å². The molecule has 0 radical (unpaired) electrons. The summed E-state index contributed by atoms with van der Waals surface area (Å²) in [5.41, 5.74) is 2.77. The molecule has 0 spiro atoms. The molecule has 3 heterocycles. The molecule has 0 aromatic carbocycles. The van der Waals surface area contributed by atoms with Crippen molar-refractivity contribution >= 4 is 11.7 Å². The summed E-state index contributed by atoms with van der Waals surface area (Å²) in [6.45, 7) is 6.74. The second kappa shape index (κ2) is 5.62. The Labute approximate surface area is 125 Å². The molecule has 1 amide bonds. The standard InChI is InChI=1S/C16H22FN3O/c1-3-19-7-4-12-10-11(2)18-15(14(12)16(19)21)20-8-5-13(17)6-9-20/h10,13H,3-9H2,1-2H3. The zero-order chi connectivity index (χ0) is 15.0. The van der Waals surface area contributed by atoms with Gasteiger partial charge in [0, 0.05) is 31.9 Å². The Morgan fingerprint density at radius 2 is 2.05 bits per heavy atom. The molecule has 0 saturated carbocycles. The highest BCUT2D eigenvalue weighted by atomic mass is 19.1.